The van der Waals surface area contributed by atoms with Crippen molar-refractivity contribution >= 4 is 16.1 Å². The van der Waals surface area contributed by atoms with Gasteiger partial charge in [-0.1, -0.05) is 0 Å². The third kappa shape index (κ3) is 62.1. The molecule has 0 aliphatic carbocycles. The van der Waals surface area contributed by atoms with Crippen LogP contribution >= 0.6 is 0 Å². The Labute approximate surface area is 69.8 Å². The monoisotopic (exact) mass is 203 g/mol. The van der Waals surface area contributed by atoms with E-state index in [4.69, 9.17) is 15.1 Å². The summed E-state index contributed by atoms with van der Waals surface area (Å²) >= 11 is 0. The molecule has 0 atom stereocenters. The molecule has 9 heteroatoms. The molecule has 0 unspecified atom stereocenters. The second-order valence-corrected chi connectivity index (χ2v) is 3.05. The molecule has 0 fully saturated rings. The maximum atomic E-state index is 9.71. The molecule has 0 saturated carbocycles. The molecule has 0 spiro atoms. The second-order valence-electron chi connectivity index (χ2n) is 1.48. The van der Waals surface area contributed by atoms with Gasteiger partial charge in [0.15, 0.2) is 0 Å². The Kier molecular flexibility index (Phi) is 11.8. The lowest BCUT2D eigenvalue weighted by Gasteiger charge is -1.86. The average Bonchev–Trinajstić information content (AvgIpc) is 1.58. The summed E-state index contributed by atoms with van der Waals surface area (Å²) in [4.78, 5) is 9.00. The SMILES string of the molecule is NC(N)=O.NCCS(=O)(=O)O.O. The molecule has 0 aromatic carbocycles. The summed E-state index contributed by atoms with van der Waals surface area (Å²) < 4.78 is 27.3. The number of urea groups is 1. The Bertz CT molecular complexity index is 196. The van der Waals surface area contributed by atoms with Crippen LogP contribution in [-0.2, 0) is 10.1 Å². The molecule has 9 N–H and O–H groups in total. The van der Waals surface area contributed by atoms with E-state index in [0.717, 1.165) is 0 Å². The summed E-state index contributed by atoms with van der Waals surface area (Å²) in [6.07, 6.45) is 0. The van der Waals surface area contributed by atoms with Gasteiger partial charge in [0, 0.05) is 6.54 Å². The Hall–Kier alpha value is -0.900. The Morgan fingerprint density at radius 3 is 1.58 bits per heavy atom. The molecule has 12 heavy (non-hydrogen) atoms. The van der Waals surface area contributed by atoms with Gasteiger partial charge in [-0.2, -0.15) is 8.42 Å². The zero-order valence-corrected chi connectivity index (χ0v) is 7.04. The van der Waals surface area contributed by atoms with E-state index in [1.54, 1.807) is 0 Å². The minimum atomic E-state index is -3.80. The highest BCUT2D eigenvalue weighted by atomic mass is 32.2. The van der Waals surface area contributed by atoms with E-state index in [1.807, 2.05) is 0 Å². The van der Waals surface area contributed by atoms with Crippen molar-refractivity contribution in [3.63, 3.8) is 0 Å². The highest BCUT2D eigenvalue weighted by Crippen LogP contribution is 1.74. The Balaban J connectivity index is -0.000000142. The van der Waals surface area contributed by atoms with Gasteiger partial charge in [0.25, 0.3) is 10.1 Å². The van der Waals surface area contributed by atoms with Crippen molar-refractivity contribution in [1.82, 2.24) is 0 Å². The molecule has 76 valence electrons. The molecular weight excluding hydrogens is 190 g/mol. The molecular formula is C3H13N3O5S. The van der Waals surface area contributed by atoms with Gasteiger partial charge in [0.1, 0.15) is 0 Å². The first-order chi connectivity index (χ1) is 4.79. The lowest BCUT2D eigenvalue weighted by atomic mass is 10.8. The van der Waals surface area contributed by atoms with E-state index in [-0.39, 0.29) is 17.8 Å². The van der Waals surface area contributed by atoms with Crippen LogP contribution in [0, 0.1) is 0 Å². The summed E-state index contributed by atoms with van der Waals surface area (Å²) in [6, 6.07) is -0.833. The molecule has 8 nitrogen and oxygen atoms in total. The summed E-state index contributed by atoms with van der Waals surface area (Å²) in [5.41, 5.74) is 13.3. The number of rotatable bonds is 2. The molecule has 0 aromatic rings. The number of nitrogens with two attached hydrogens (primary N) is 3. The van der Waals surface area contributed by atoms with Crippen LogP contribution in [0.2, 0.25) is 0 Å². The van der Waals surface area contributed by atoms with Crippen LogP contribution in [0.15, 0.2) is 0 Å². The van der Waals surface area contributed by atoms with E-state index < -0.39 is 16.1 Å². The number of carbonyl (C=O) groups is 1. The Morgan fingerprint density at radius 2 is 1.58 bits per heavy atom. The highest BCUT2D eigenvalue weighted by molar-refractivity contribution is 7.85. The quantitative estimate of drug-likeness (QED) is 0.349. The lowest BCUT2D eigenvalue weighted by Crippen LogP contribution is -2.18. The summed E-state index contributed by atoms with van der Waals surface area (Å²) in [5, 5.41) is 0. The van der Waals surface area contributed by atoms with E-state index in [1.165, 1.54) is 0 Å². The first-order valence-electron chi connectivity index (χ1n) is 2.49. The first kappa shape index (κ1) is 17.3. The molecule has 0 radical (unpaired) electrons. The third-order valence-electron chi connectivity index (χ3n) is 0.376. The third-order valence-corrected chi connectivity index (χ3v) is 1.13. The van der Waals surface area contributed by atoms with Gasteiger partial charge < -0.3 is 22.7 Å². The fraction of sp³-hybridized carbons (Fsp3) is 0.667. The summed E-state index contributed by atoms with van der Waals surface area (Å²) in [5.74, 6) is -0.354. The van der Waals surface area contributed by atoms with Crippen LogP contribution in [0.5, 0.6) is 0 Å². The van der Waals surface area contributed by atoms with Crippen molar-refractivity contribution in [2.45, 2.75) is 0 Å². The molecule has 0 bridgehead atoms. The van der Waals surface area contributed by atoms with Gasteiger partial charge in [0.05, 0.1) is 5.75 Å². The van der Waals surface area contributed by atoms with E-state index in [0.29, 0.717) is 0 Å². The fourth-order valence-electron chi connectivity index (χ4n) is 0.149. The van der Waals surface area contributed by atoms with Crippen molar-refractivity contribution < 1.29 is 23.2 Å². The van der Waals surface area contributed by atoms with Crippen LogP contribution in [0.3, 0.4) is 0 Å². The van der Waals surface area contributed by atoms with Crippen molar-refractivity contribution in [2.24, 2.45) is 17.2 Å². The maximum Gasteiger partial charge on any atom is 0.309 e. The molecule has 0 rings (SSSR count). The topological polar surface area (TPSA) is 181 Å². The van der Waals surface area contributed by atoms with Crippen LogP contribution in [0.1, 0.15) is 0 Å². The smallest absolute Gasteiger partial charge is 0.309 e. The van der Waals surface area contributed by atoms with E-state index in [2.05, 4.69) is 11.5 Å². The minimum absolute atomic E-state index is 0. The van der Waals surface area contributed by atoms with Gasteiger partial charge in [-0.25, -0.2) is 4.79 Å². The maximum absolute atomic E-state index is 9.71. The zero-order valence-electron chi connectivity index (χ0n) is 6.23. The number of hydrogen-bond acceptors (Lipinski definition) is 4. The average molecular weight is 203 g/mol. The van der Waals surface area contributed by atoms with Gasteiger partial charge >= 0.3 is 6.03 Å². The van der Waals surface area contributed by atoms with Crippen LogP contribution in [0.4, 0.5) is 4.79 Å². The van der Waals surface area contributed by atoms with Crippen LogP contribution < -0.4 is 17.2 Å². The summed E-state index contributed by atoms with van der Waals surface area (Å²) in [7, 11) is -3.80. The predicted octanol–water partition coefficient (Wildman–Crippen LogP) is -2.97. The molecule has 0 aliphatic heterocycles. The molecule has 0 saturated heterocycles. The minimum Gasteiger partial charge on any atom is -0.412 e. The van der Waals surface area contributed by atoms with Crippen LogP contribution in [0.25, 0.3) is 0 Å². The summed E-state index contributed by atoms with van der Waals surface area (Å²) in [6.45, 7) is -0.0289. The Morgan fingerprint density at radius 1 is 1.33 bits per heavy atom. The van der Waals surface area contributed by atoms with Gasteiger partial charge in [-0.15, -0.1) is 0 Å². The fourth-order valence-corrected chi connectivity index (χ4v) is 0.447. The van der Waals surface area contributed by atoms with E-state index in [9.17, 15) is 8.42 Å². The number of hydrogen-bond donors (Lipinski definition) is 4. The molecule has 0 aliphatic rings. The van der Waals surface area contributed by atoms with E-state index >= 15 is 0 Å². The zero-order chi connectivity index (χ0) is 9.49. The van der Waals surface area contributed by atoms with Crippen molar-refractivity contribution in [2.75, 3.05) is 12.3 Å². The number of amides is 2. The number of primary amides is 2. The molecule has 2 amide bonds. The van der Waals surface area contributed by atoms with Crippen molar-refractivity contribution in [3.8, 4) is 0 Å². The lowest BCUT2D eigenvalue weighted by molar-refractivity contribution is 0.256. The molecule has 0 aromatic heterocycles. The molecule has 0 heterocycles. The van der Waals surface area contributed by atoms with Crippen molar-refractivity contribution in [1.29, 1.82) is 0 Å². The standard InChI is InChI=1S/C2H7NO3S.CH4N2O.H2O/c3-1-2-7(4,5)6;2-1(3)4;/h1-3H2,(H,4,5,6);(H4,2,3,4);1H2. The van der Waals surface area contributed by atoms with Gasteiger partial charge in [-0.3, -0.25) is 4.55 Å². The predicted molar refractivity (Wildman–Crippen MR) is 42.9 cm³/mol. The normalized spacial score (nSPS) is 8.83. The van der Waals surface area contributed by atoms with Gasteiger partial charge in [0.2, 0.25) is 0 Å². The first-order valence-corrected chi connectivity index (χ1v) is 4.10. The highest BCUT2D eigenvalue weighted by Gasteiger charge is 1.98. The van der Waals surface area contributed by atoms with Crippen molar-refractivity contribution in [3.05, 3.63) is 0 Å². The number of carbonyl (C=O) groups excluding carboxylic acids is 1. The second kappa shape index (κ2) is 8.20. The van der Waals surface area contributed by atoms with Crippen LogP contribution in [-0.4, -0.2) is 36.8 Å². The van der Waals surface area contributed by atoms with Gasteiger partial charge in [-0.05, 0) is 0 Å². The largest absolute Gasteiger partial charge is 0.412 e.